The molecule has 3 amide bonds. The Hall–Kier alpha value is -11.6. The number of carbonyl (C=O) groups is 3. The van der Waals surface area contributed by atoms with Gasteiger partial charge in [-0.1, -0.05) is 103 Å². The molecule has 23 nitrogen and oxygen atoms in total. The maximum Gasteiger partial charge on any atom is 0.412 e. The number of benzene rings is 9. The lowest BCUT2D eigenvalue weighted by molar-refractivity contribution is 0.0241. The predicted molar refractivity (Wildman–Crippen MR) is 535 cm³/mol. The molecule has 1 saturated heterocycles. The Bertz CT molecular complexity index is 5760. The van der Waals surface area contributed by atoms with Crippen LogP contribution in [0.5, 0.6) is 34.6 Å². The minimum Gasteiger partial charge on any atom is -0.488 e. The van der Waals surface area contributed by atoms with Crippen LogP contribution in [0, 0.1) is 13.8 Å². The van der Waals surface area contributed by atoms with Gasteiger partial charge in [-0.05, 0) is 327 Å². The molecule has 5 N–H and O–H groups in total. The normalized spacial score (nSPS) is 12.8. The molecule has 0 bridgehead atoms. The first-order valence-electron chi connectivity index (χ1n) is 44.9. The van der Waals surface area contributed by atoms with Gasteiger partial charge in [-0.25, -0.2) is 19.6 Å². The molecule has 12 aromatic rings. The molecule has 710 valence electrons. The number of aliphatic hydroxyl groups excluding tert-OH is 4. The molecule has 132 heavy (non-hydrogen) atoms. The van der Waals surface area contributed by atoms with Crippen LogP contribution in [0.2, 0.25) is 5.02 Å². The van der Waals surface area contributed by atoms with Gasteiger partial charge in [0.15, 0.2) is 0 Å². The molecule has 5 heterocycles. The van der Waals surface area contributed by atoms with E-state index in [0.717, 1.165) is 119 Å². The van der Waals surface area contributed by atoms with E-state index >= 15 is 0 Å². The maximum absolute atomic E-state index is 12.3. The SMILES string of the molecule is CC(C)(C)Oc1cccc2cc(CO)ccc12.CC(C)(C)Oc1cccc2ccccc12.CC(C)(C)Oc1nccc2cc(CO)ccc12.CN(C)C(=O)c1cc(OC(C)(C)C)c2ccc(CO)c(Cl)c2n1.CN(C)COc1ccc2c(c1)CN(C(=O)OC(C)(C)C)C2.Cc1cc(OC(C)(C)C)c2ccc(CO)cc2n1.Cc1ccc(N2CCCCC2)c(NC(=O)OC(C)(C)C)c1. The van der Waals surface area contributed by atoms with Crippen LogP contribution in [-0.4, -0.2) is 155 Å². The van der Waals surface area contributed by atoms with Gasteiger partial charge >= 0.3 is 12.2 Å². The third-order valence-electron chi connectivity index (χ3n) is 19.3. The molecular weight excluding hydrogens is 1680 g/mol. The molecule has 14 rings (SSSR count). The first-order chi connectivity index (χ1) is 61.7. The van der Waals surface area contributed by atoms with Crippen molar-refractivity contribution in [1.82, 2.24) is 29.7 Å². The smallest absolute Gasteiger partial charge is 0.412 e. The quantitative estimate of drug-likeness (QED) is 0.0597. The summed E-state index contributed by atoms with van der Waals surface area (Å²) in [4.78, 5) is 57.0. The van der Waals surface area contributed by atoms with Crippen LogP contribution >= 0.6 is 11.6 Å². The number of anilines is 2. The molecule has 0 atom stereocenters. The Labute approximate surface area is 786 Å². The van der Waals surface area contributed by atoms with Crippen LogP contribution in [0.25, 0.3) is 54.1 Å². The van der Waals surface area contributed by atoms with Crippen LogP contribution in [0.3, 0.4) is 0 Å². The Morgan fingerprint density at radius 1 is 0.455 bits per heavy atom. The number of nitrogens with one attached hydrogen (secondary N) is 1. The van der Waals surface area contributed by atoms with Gasteiger partial charge in [0.05, 0.1) is 53.9 Å². The second-order valence-corrected chi connectivity index (χ2v) is 40.6. The number of aliphatic hydroxyl groups is 4. The Morgan fingerprint density at radius 2 is 0.962 bits per heavy atom. The van der Waals surface area contributed by atoms with Gasteiger partial charge in [-0.2, -0.15) is 0 Å². The van der Waals surface area contributed by atoms with E-state index in [9.17, 15) is 19.5 Å². The van der Waals surface area contributed by atoms with Crippen molar-refractivity contribution < 1.29 is 72.7 Å². The lowest BCUT2D eigenvalue weighted by atomic mass is 10.1. The predicted octanol–water partition coefficient (Wildman–Crippen LogP) is 24.1. The minimum atomic E-state index is -0.487. The van der Waals surface area contributed by atoms with Crippen LogP contribution in [-0.2, 0) is 49.0 Å². The zero-order valence-corrected chi connectivity index (χ0v) is 83.4. The van der Waals surface area contributed by atoms with Crippen LogP contribution in [0.4, 0.5) is 21.0 Å². The van der Waals surface area contributed by atoms with Crippen molar-refractivity contribution >= 4 is 95.2 Å². The first kappa shape index (κ1) is 106. The largest absolute Gasteiger partial charge is 0.488 e. The summed E-state index contributed by atoms with van der Waals surface area (Å²) in [6, 6.07) is 59.1. The lowest BCUT2D eigenvalue weighted by Gasteiger charge is -2.31. The fraction of sp³-hybridized carbons (Fsp3) is 0.426. The fourth-order valence-corrected chi connectivity index (χ4v) is 14.1. The number of aryl methyl sites for hydroxylation is 2. The molecule has 1 fully saturated rings. The second-order valence-electron chi connectivity index (χ2n) is 40.2. The van der Waals surface area contributed by atoms with Crippen LogP contribution in [0.15, 0.2) is 188 Å². The van der Waals surface area contributed by atoms with Crippen LogP contribution in [0.1, 0.15) is 220 Å². The molecule has 2 aliphatic rings. The average Bonchev–Trinajstić information content (AvgIpc) is 0.850. The van der Waals surface area contributed by atoms with E-state index in [0.29, 0.717) is 52.9 Å². The molecule has 2 aliphatic heterocycles. The average molecular weight is 1830 g/mol. The summed E-state index contributed by atoms with van der Waals surface area (Å²) < 4.78 is 46.0. The Morgan fingerprint density at radius 3 is 1.52 bits per heavy atom. The summed E-state index contributed by atoms with van der Waals surface area (Å²) in [6.07, 6.45) is 4.77. The highest BCUT2D eigenvalue weighted by molar-refractivity contribution is 6.36. The van der Waals surface area contributed by atoms with E-state index in [1.54, 1.807) is 43.4 Å². The molecule has 9 aromatic carbocycles. The number of amides is 3. The van der Waals surface area contributed by atoms with Gasteiger partial charge in [0.25, 0.3) is 5.91 Å². The van der Waals surface area contributed by atoms with E-state index in [-0.39, 0.29) is 66.5 Å². The van der Waals surface area contributed by atoms with Gasteiger partial charge in [0, 0.05) is 91.2 Å². The highest BCUT2D eigenvalue weighted by atomic mass is 35.5. The summed E-state index contributed by atoms with van der Waals surface area (Å²) in [5.41, 5.74) is 8.79. The number of aromatic nitrogens is 3. The lowest BCUT2D eigenvalue weighted by Crippen LogP contribution is -2.33. The van der Waals surface area contributed by atoms with E-state index in [2.05, 4.69) is 76.3 Å². The van der Waals surface area contributed by atoms with Crippen molar-refractivity contribution in [3.8, 4) is 34.6 Å². The number of pyridine rings is 3. The van der Waals surface area contributed by atoms with E-state index in [4.69, 9.17) is 64.8 Å². The number of halogens is 1. The van der Waals surface area contributed by atoms with Crippen molar-refractivity contribution in [1.29, 1.82) is 0 Å². The number of nitrogens with zero attached hydrogens (tertiary/aromatic N) is 7. The second kappa shape index (κ2) is 46.2. The highest BCUT2D eigenvalue weighted by Gasteiger charge is 2.30. The molecule has 0 spiro atoms. The number of ether oxygens (including phenoxy) is 8. The number of fused-ring (bicyclic) bond motifs is 6. The molecule has 3 aromatic heterocycles. The van der Waals surface area contributed by atoms with Crippen molar-refractivity contribution in [2.45, 2.75) is 257 Å². The summed E-state index contributed by atoms with van der Waals surface area (Å²) >= 11 is 6.34. The Kier molecular flexibility index (Phi) is 37.0. The molecule has 0 aliphatic carbocycles. The number of piperidine rings is 1. The number of rotatable bonds is 15. The first-order valence-corrected chi connectivity index (χ1v) is 45.3. The van der Waals surface area contributed by atoms with Gasteiger partial charge in [0.1, 0.15) is 80.4 Å². The van der Waals surface area contributed by atoms with Crippen molar-refractivity contribution in [3.05, 3.63) is 244 Å². The standard InChI is InChI=1S/C17H21ClN2O3.C17H26N2O2.C16H24N2O3.C15H19NO2.C15H18O2.C14H17NO2.C14H16O/c1-17(2,3)23-13-8-12(16(22)20(4)5)19-15-11(13)7-6-10(9-21)14(15)18;1-13-8-9-15(19-10-6-5-7-11-19)14(12-13)18-16(20)21-17(2,3)4;1-16(2,3)21-15(19)18-9-12-6-7-14(8-13(12)10-18)20-11-17(4)5;1-10-7-14(18-15(2,3)4)12-6-5-11(9-17)8-13(12)16-10;1-15(2,3)17-14-6-4-5-12-9-11(10-16)7-8-13(12)14;1-14(2,3)17-13-12-5-4-10(9-16)8-11(12)6-7-15-13;1-14(2,3)15-13-10-6-8-11-7-4-5-9-12(11)13/h6-8,21H,9H2,1-5H3;8-9,12H,5-7,10-11H2,1-4H3,(H,18,20);6-8H,9-11H2,1-5H3;5-8,17H,9H2,1-4H3;4-9,16H,10H2,1-3H3;4-8,16H,9H2,1-3H3;4-10H,1-3H3. The highest BCUT2D eigenvalue weighted by Crippen LogP contribution is 2.39. The third-order valence-corrected chi connectivity index (χ3v) is 19.7. The molecular formula is C108H141ClN8O15. The van der Waals surface area contributed by atoms with Gasteiger partial charge in [-0.3, -0.25) is 24.9 Å². The summed E-state index contributed by atoms with van der Waals surface area (Å²) in [6.45, 7) is 49.1. The number of carbonyl (C=O) groups excluding carboxylic acids is 3. The van der Waals surface area contributed by atoms with Crippen LogP contribution < -0.4 is 38.6 Å². The summed E-state index contributed by atoms with van der Waals surface area (Å²) in [5, 5.41) is 48.3. The van der Waals surface area contributed by atoms with E-state index < -0.39 is 22.9 Å². The summed E-state index contributed by atoms with van der Waals surface area (Å²) in [7, 11) is 7.23. The minimum absolute atomic E-state index is 0.0288. The number of hydrogen-bond donors (Lipinski definition) is 5. The fourth-order valence-electron chi connectivity index (χ4n) is 13.8. The zero-order valence-electron chi connectivity index (χ0n) is 82.7. The van der Waals surface area contributed by atoms with Gasteiger partial charge < -0.3 is 68.1 Å². The third kappa shape index (κ3) is 33.9. The maximum atomic E-state index is 12.3. The van der Waals surface area contributed by atoms with Crippen molar-refractivity contribution in [3.63, 3.8) is 0 Å². The molecule has 0 saturated carbocycles. The van der Waals surface area contributed by atoms with Gasteiger partial charge in [-0.15, -0.1) is 0 Å². The topological polar surface area (TPSA) is 270 Å². The van der Waals surface area contributed by atoms with E-state index in [1.165, 1.54) is 34.9 Å². The van der Waals surface area contributed by atoms with Crippen molar-refractivity contribution in [2.75, 3.05) is 58.2 Å². The molecule has 0 unspecified atom stereocenters. The molecule has 24 heteroatoms. The van der Waals surface area contributed by atoms with Gasteiger partial charge in [0.2, 0.25) is 5.88 Å². The molecule has 0 radical (unpaired) electrons. The summed E-state index contributed by atoms with van der Waals surface area (Å²) in [5.74, 6) is 4.46. The number of hydrogen-bond acceptors (Lipinski definition) is 20. The van der Waals surface area contributed by atoms with E-state index in [1.807, 2.05) is 291 Å². The van der Waals surface area contributed by atoms with Crippen molar-refractivity contribution in [2.24, 2.45) is 0 Å². The Balaban J connectivity index is 0.000000190. The monoisotopic (exact) mass is 1830 g/mol. The zero-order chi connectivity index (χ0) is 97.6.